The summed E-state index contributed by atoms with van der Waals surface area (Å²) in [7, 11) is 0. The van der Waals surface area contributed by atoms with E-state index in [1.807, 2.05) is 53.4 Å². The summed E-state index contributed by atoms with van der Waals surface area (Å²) in [4.78, 5) is 27.7. The number of carbonyl (C=O) groups excluding carboxylic acids is 2. The number of benzene rings is 3. The fourth-order valence-electron chi connectivity index (χ4n) is 5.58. The van der Waals surface area contributed by atoms with E-state index in [1.165, 1.54) is 0 Å². The van der Waals surface area contributed by atoms with Crippen molar-refractivity contribution in [2.24, 2.45) is 0 Å². The number of rotatable bonds is 11. The predicted octanol–water partition coefficient (Wildman–Crippen LogP) is 6.20. The van der Waals surface area contributed by atoms with E-state index in [4.69, 9.17) is 44.3 Å². The predicted molar refractivity (Wildman–Crippen MR) is 171 cm³/mol. The first-order chi connectivity index (χ1) is 20.8. The molecule has 1 saturated heterocycles. The van der Waals surface area contributed by atoms with Crippen LogP contribution in [0.3, 0.4) is 0 Å². The van der Waals surface area contributed by atoms with Gasteiger partial charge in [-0.2, -0.15) is 0 Å². The van der Waals surface area contributed by atoms with E-state index < -0.39 is 0 Å². The molecule has 2 bridgehead atoms. The molecule has 0 unspecified atom stereocenters. The highest BCUT2D eigenvalue weighted by Crippen LogP contribution is 2.34. The molecule has 7 nitrogen and oxygen atoms in total. The molecule has 2 N–H and O–H groups in total. The number of carbonyl (C=O) groups is 2. The molecule has 226 valence electrons. The maximum absolute atomic E-state index is 13.6. The first-order valence-corrected chi connectivity index (χ1v) is 15.5. The minimum absolute atomic E-state index is 0.0163. The number of nitrogens with one attached hydrogen (secondary N) is 2. The van der Waals surface area contributed by atoms with Crippen LogP contribution in [0.15, 0.2) is 72.3 Å². The van der Waals surface area contributed by atoms with Crippen LogP contribution in [0.25, 0.3) is 5.57 Å². The molecule has 2 amide bonds. The Kier molecular flexibility index (Phi) is 10.5. The Morgan fingerprint density at radius 1 is 0.930 bits per heavy atom. The van der Waals surface area contributed by atoms with Gasteiger partial charge in [0.1, 0.15) is 29.7 Å². The Labute approximate surface area is 267 Å². The van der Waals surface area contributed by atoms with Crippen molar-refractivity contribution >= 4 is 52.2 Å². The third kappa shape index (κ3) is 7.84. The second-order valence-electron chi connectivity index (χ2n) is 10.7. The highest BCUT2D eigenvalue weighted by Gasteiger charge is 2.39. The highest BCUT2D eigenvalue weighted by atomic mass is 35.5. The third-order valence-electron chi connectivity index (χ3n) is 7.69. The van der Waals surface area contributed by atoms with Gasteiger partial charge in [0.25, 0.3) is 0 Å². The maximum atomic E-state index is 13.6. The van der Waals surface area contributed by atoms with Gasteiger partial charge in [-0.3, -0.25) is 9.59 Å². The van der Waals surface area contributed by atoms with Gasteiger partial charge in [-0.1, -0.05) is 71.2 Å². The standard InChI is InChI=1S/C33H34Cl3N3O4/c1-21(40)39-19-24-18-26(22-11-13-25(14-12-22)42-16-17-43-30-10-4-9-28(35)32(30)36)31(29(20-39)38-24)33(41)37-15-5-7-23-6-2-3-8-27(23)34/h2-4,6,8-14,24,29,38H,5,7,15-20H2,1H3,(H,37,41)/t24-,29-/m1/s1. The Bertz CT molecular complexity index is 1490. The second-order valence-corrected chi connectivity index (χ2v) is 11.9. The van der Waals surface area contributed by atoms with Crippen molar-refractivity contribution in [3.8, 4) is 11.5 Å². The average Bonchev–Trinajstić information content (AvgIpc) is 3.00. The number of halogens is 3. The number of nitrogens with zero attached hydrogens (tertiary/aromatic N) is 1. The van der Waals surface area contributed by atoms with E-state index >= 15 is 0 Å². The summed E-state index contributed by atoms with van der Waals surface area (Å²) in [6.07, 6.45) is 2.17. The smallest absolute Gasteiger partial charge is 0.249 e. The minimum atomic E-state index is -0.249. The summed E-state index contributed by atoms with van der Waals surface area (Å²) in [5.74, 6) is 1.09. The van der Waals surface area contributed by atoms with E-state index in [0.29, 0.717) is 66.4 Å². The van der Waals surface area contributed by atoms with E-state index in [0.717, 1.165) is 34.6 Å². The fraction of sp³-hybridized carbons (Fsp3) is 0.333. The zero-order valence-corrected chi connectivity index (χ0v) is 26.1. The van der Waals surface area contributed by atoms with Crippen molar-refractivity contribution in [3.63, 3.8) is 0 Å². The molecule has 2 aliphatic heterocycles. The number of hydrogen-bond donors (Lipinski definition) is 2. The fourth-order valence-corrected chi connectivity index (χ4v) is 6.15. The Hall–Kier alpha value is -3.23. The van der Waals surface area contributed by atoms with Crippen LogP contribution in [0.5, 0.6) is 11.5 Å². The van der Waals surface area contributed by atoms with Crippen molar-refractivity contribution in [1.82, 2.24) is 15.5 Å². The number of fused-ring (bicyclic) bond motifs is 2. The average molecular weight is 643 g/mol. The summed E-state index contributed by atoms with van der Waals surface area (Å²) in [5.41, 5.74) is 3.70. The van der Waals surface area contributed by atoms with Crippen LogP contribution >= 0.6 is 34.8 Å². The number of amides is 2. The van der Waals surface area contributed by atoms with Gasteiger partial charge in [0, 0.05) is 43.2 Å². The summed E-state index contributed by atoms with van der Waals surface area (Å²) >= 11 is 18.5. The van der Waals surface area contributed by atoms with Gasteiger partial charge in [-0.25, -0.2) is 0 Å². The Balaban J connectivity index is 1.25. The molecule has 1 fully saturated rings. The van der Waals surface area contributed by atoms with Crippen LogP contribution in [0, 0.1) is 0 Å². The van der Waals surface area contributed by atoms with E-state index in [2.05, 4.69) is 10.6 Å². The lowest BCUT2D eigenvalue weighted by atomic mass is 9.83. The van der Waals surface area contributed by atoms with Gasteiger partial charge in [0.15, 0.2) is 0 Å². The molecule has 0 saturated carbocycles. The van der Waals surface area contributed by atoms with Crippen LogP contribution in [-0.4, -0.2) is 61.6 Å². The molecule has 5 rings (SSSR count). The van der Waals surface area contributed by atoms with Crippen molar-refractivity contribution in [2.45, 2.75) is 38.3 Å². The molecule has 0 radical (unpaired) electrons. The molecule has 0 spiro atoms. The zero-order chi connectivity index (χ0) is 30.3. The van der Waals surface area contributed by atoms with E-state index in [-0.39, 0.29) is 23.9 Å². The SMILES string of the molecule is CC(=O)N1C[C@H]2CC(c3ccc(OCCOc4cccc(Cl)c4Cl)cc3)=C(C(=O)NCCCc3ccccc3Cl)[C@@H](C1)N2. The monoisotopic (exact) mass is 641 g/mol. The number of piperazine rings is 1. The van der Waals surface area contributed by atoms with Crippen LogP contribution in [0.2, 0.25) is 15.1 Å². The first kappa shape index (κ1) is 31.2. The normalized spacial score (nSPS) is 17.9. The zero-order valence-electron chi connectivity index (χ0n) is 23.9. The quantitative estimate of drug-likeness (QED) is 0.244. The lowest BCUT2D eigenvalue weighted by molar-refractivity contribution is -0.131. The molecule has 2 heterocycles. The minimum Gasteiger partial charge on any atom is -0.490 e. The van der Waals surface area contributed by atoms with Gasteiger partial charge in [-0.15, -0.1) is 0 Å². The molecule has 2 aliphatic rings. The van der Waals surface area contributed by atoms with Crippen molar-refractivity contribution in [3.05, 3.63) is 98.5 Å². The summed E-state index contributed by atoms with van der Waals surface area (Å²) in [5, 5.41) is 8.23. The number of aryl methyl sites for hydroxylation is 1. The third-order valence-corrected chi connectivity index (χ3v) is 8.86. The van der Waals surface area contributed by atoms with Crippen LogP contribution in [0.4, 0.5) is 0 Å². The molecule has 3 aromatic rings. The molecule has 0 aromatic heterocycles. The van der Waals surface area contributed by atoms with Gasteiger partial charge in [-0.05, 0) is 66.3 Å². The molecule has 10 heteroatoms. The van der Waals surface area contributed by atoms with Gasteiger partial charge < -0.3 is 25.0 Å². The Morgan fingerprint density at radius 2 is 1.67 bits per heavy atom. The van der Waals surface area contributed by atoms with Crippen molar-refractivity contribution in [2.75, 3.05) is 32.8 Å². The summed E-state index contributed by atoms with van der Waals surface area (Å²) in [6, 6.07) is 20.6. The van der Waals surface area contributed by atoms with E-state index in [9.17, 15) is 9.59 Å². The van der Waals surface area contributed by atoms with Crippen molar-refractivity contribution in [1.29, 1.82) is 0 Å². The molecular formula is C33H34Cl3N3O4. The molecule has 2 atom stereocenters. The number of hydrogen-bond acceptors (Lipinski definition) is 5. The lowest BCUT2D eigenvalue weighted by Gasteiger charge is -2.44. The topological polar surface area (TPSA) is 79.9 Å². The molecule has 0 aliphatic carbocycles. The van der Waals surface area contributed by atoms with Crippen LogP contribution < -0.4 is 20.1 Å². The van der Waals surface area contributed by atoms with Crippen LogP contribution in [0.1, 0.15) is 30.9 Å². The largest absolute Gasteiger partial charge is 0.490 e. The Morgan fingerprint density at radius 3 is 2.44 bits per heavy atom. The maximum Gasteiger partial charge on any atom is 0.249 e. The van der Waals surface area contributed by atoms with Crippen molar-refractivity contribution < 1.29 is 19.1 Å². The molecule has 3 aromatic carbocycles. The van der Waals surface area contributed by atoms with E-state index in [1.54, 1.807) is 25.1 Å². The first-order valence-electron chi connectivity index (χ1n) is 14.4. The van der Waals surface area contributed by atoms with Gasteiger partial charge >= 0.3 is 0 Å². The highest BCUT2D eigenvalue weighted by molar-refractivity contribution is 6.42. The lowest BCUT2D eigenvalue weighted by Crippen LogP contribution is -2.61. The summed E-state index contributed by atoms with van der Waals surface area (Å²) in [6.45, 7) is 3.78. The number of ether oxygens (including phenoxy) is 2. The van der Waals surface area contributed by atoms with Gasteiger partial charge in [0.05, 0.1) is 11.1 Å². The van der Waals surface area contributed by atoms with Crippen LogP contribution in [-0.2, 0) is 16.0 Å². The molecular weight excluding hydrogens is 609 g/mol. The second kappa shape index (κ2) is 14.5. The summed E-state index contributed by atoms with van der Waals surface area (Å²) < 4.78 is 11.6. The van der Waals surface area contributed by atoms with Gasteiger partial charge in [0.2, 0.25) is 11.8 Å². The molecule has 43 heavy (non-hydrogen) atoms.